The first kappa shape index (κ1) is 20.1. The molecule has 1 aliphatic heterocycles. The number of pyridine rings is 1. The first-order valence-corrected chi connectivity index (χ1v) is 7.46. The summed E-state index contributed by atoms with van der Waals surface area (Å²) in [6.07, 6.45) is -5.17. The third-order valence-electron chi connectivity index (χ3n) is 3.63. The van der Waals surface area contributed by atoms with Crippen molar-refractivity contribution in [3.05, 3.63) is 22.9 Å². The molecular weight excluding hydrogens is 335 g/mol. The van der Waals surface area contributed by atoms with E-state index >= 15 is 0 Å². The molecule has 1 N–H and O–H groups in total. The van der Waals surface area contributed by atoms with Crippen molar-refractivity contribution >= 4 is 11.8 Å². The fraction of sp³-hybridized carbons (Fsp3) is 0.600. The molecule has 1 saturated heterocycles. The molecule has 4 nitrogen and oxygen atoms in total. The summed E-state index contributed by atoms with van der Waals surface area (Å²) >= 11 is 0. The van der Waals surface area contributed by atoms with Gasteiger partial charge in [-0.15, -0.1) is 0 Å². The van der Waals surface area contributed by atoms with Gasteiger partial charge in [0.1, 0.15) is 11.4 Å². The van der Waals surface area contributed by atoms with Gasteiger partial charge in [-0.1, -0.05) is 13.8 Å². The average molecular weight is 354 g/mol. The van der Waals surface area contributed by atoms with Crippen molar-refractivity contribution in [2.24, 2.45) is 0 Å². The number of aromatic nitrogens is 1. The van der Waals surface area contributed by atoms with Crippen molar-refractivity contribution in [3.63, 3.8) is 0 Å². The predicted octanol–water partition coefficient (Wildman–Crippen LogP) is 4.37. The number of carbonyl (C=O) groups is 1. The molecule has 0 atom stereocenters. The van der Waals surface area contributed by atoms with Gasteiger partial charge < -0.3 is 10.0 Å². The first-order chi connectivity index (χ1) is 11.0. The van der Waals surface area contributed by atoms with Crippen LogP contribution in [0.15, 0.2) is 6.20 Å². The first-order valence-electron chi connectivity index (χ1n) is 7.46. The SMILES string of the molecule is CC.Cc1c(C(F)(F)F)cnc(N2CCC(F)(F)CC2)c1C(=O)O. The van der Waals surface area contributed by atoms with Crippen LogP contribution in [-0.4, -0.2) is 35.1 Å². The van der Waals surface area contributed by atoms with Crippen molar-refractivity contribution in [3.8, 4) is 0 Å². The number of nitrogens with zero attached hydrogens (tertiary/aromatic N) is 2. The number of piperidine rings is 1. The molecule has 2 rings (SSSR count). The van der Waals surface area contributed by atoms with Crippen molar-refractivity contribution in [1.82, 2.24) is 4.98 Å². The molecule has 0 aliphatic carbocycles. The zero-order valence-electron chi connectivity index (χ0n) is 13.5. The molecule has 136 valence electrons. The van der Waals surface area contributed by atoms with E-state index in [0.29, 0.717) is 6.20 Å². The minimum absolute atomic E-state index is 0.162. The number of hydrogen-bond acceptors (Lipinski definition) is 3. The largest absolute Gasteiger partial charge is 0.478 e. The lowest BCUT2D eigenvalue weighted by Crippen LogP contribution is -2.40. The highest BCUT2D eigenvalue weighted by molar-refractivity contribution is 5.95. The highest BCUT2D eigenvalue weighted by Gasteiger charge is 2.38. The Balaban J connectivity index is 0.00000139. The second kappa shape index (κ2) is 7.31. The van der Waals surface area contributed by atoms with Crippen LogP contribution in [0.1, 0.15) is 48.2 Å². The minimum Gasteiger partial charge on any atom is -0.478 e. The Morgan fingerprint density at radius 3 is 2.17 bits per heavy atom. The molecule has 0 amide bonds. The number of hydrogen-bond donors (Lipinski definition) is 1. The summed E-state index contributed by atoms with van der Waals surface area (Å²) in [5, 5.41) is 9.19. The summed E-state index contributed by atoms with van der Waals surface area (Å²) in [4.78, 5) is 16.2. The number of halogens is 5. The van der Waals surface area contributed by atoms with Crippen LogP contribution in [0.4, 0.5) is 27.8 Å². The molecule has 0 aromatic carbocycles. The van der Waals surface area contributed by atoms with E-state index in [1.54, 1.807) is 0 Å². The lowest BCUT2D eigenvalue weighted by molar-refractivity contribution is -0.138. The fourth-order valence-electron chi connectivity index (χ4n) is 2.42. The van der Waals surface area contributed by atoms with E-state index in [2.05, 4.69) is 4.98 Å². The van der Waals surface area contributed by atoms with Gasteiger partial charge in [-0.25, -0.2) is 18.6 Å². The van der Waals surface area contributed by atoms with Gasteiger partial charge in [-0.3, -0.25) is 0 Å². The molecule has 1 aromatic heterocycles. The van der Waals surface area contributed by atoms with E-state index < -0.39 is 47.6 Å². The van der Waals surface area contributed by atoms with Crippen LogP contribution in [0.25, 0.3) is 0 Å². The quantitative estimate of drug-likeness (QED) is 0.802. The van der Waals surface area contributed by atoms with Crippen LogP contribution in [0, 0.1) is 6.92 Å². The Bertz CT molecular complexity index is 592. The molecule has 2 heterocycles. The van der Waals surface area contributed by atoms with E-state index in [1.165, 1.54) is 4.90 Å². The van der Waals surface area contributed by atoms with E-state index in [9.17, 15) is 31.9 Å². The zero-order valence-corrected chi connectivity index (χ0v) is 13.5. The standard InChI is InChI=1S/C13H13F5N2O2.C2H6/c1-7-8(13(16,17)18)6-19-10(9(7)11(21)22)20-4-2-12(14,15)3-5-20;1-2/h6H,2-5H2,1H3,(H,21,22);1-2H3. The van der Waals surface area contributed by atoms with Gasteiger partial charge >= 0.3 is 12.1 Å². The van der Waals surface area contributed by atoms with Gasteiger partial charge in [0.2, 0.25) is 0 Å². The lowest BCUT2D eigenvalue weighted by atomic mass is 10.0. The van der Waals surface area contributed by atoms with Crippen LogP contribution in [-0.2, 0) is 6.18 Å². The third kappa shape index (κ3) is 4.33. The Labute approximate surface area is 136 Å². The third-order valence-corrected chi connectivity index (χ3v) is 3.63. The van der Waals surface area contributed by atoms with Crippen molar-refractivity contribution in [2.75, 3.05) is 18.0 Å². The molecule has 0 bridgehead atoms. The Morgan fingerprint density at radius 1 is 1.25 bits per heavy atom. The fourth-order valence-corrected chi connectivity index (χ4v) is 2.42. The number of carboxylic acid groups (broad SMARTS) is 1. The normalized spacial score (nSPS) is 17.1. The molecule has 0 spiro atoms. The molecule has 1 fully saturated rings. The molecular formula is C15H19F5N2O2. The number of aromatic carboxylic acids is 1. The predicted molar refractivity (Wildman–Crippen MR) is 78.7 cm³/mol. The van der Waals surface area contributed by atoms with E-state index in [4.69, 9.17) is 0 Å². The second-order valence-corrected chi connectivity index (χ2v) is 5.14. The van der Waals surface area contributed by atoms with Gasteiger partial charge in [-0.05, 0) is 12.5 Å². The van der Waals surface area contributed by atoms with Crippen LogP contribution >= 0.6 is 0 Å². The molecule has 0 unspecified atom stereocenters. The summed E-state index contributed by atoms with van der Waals surface area (Å²) in [5.41, 5.74) is -2.21. The van der Waals surface area contributed by atoms with Gasteiger partial charge in [0, 0.05) is 32.1 Å². The second-order valence-electron chi connectivity index (χ2n) is 5.14. The summed E-state index contributed by atoms with van der Waals surface area (Å²) < 4.78 is 64.7. The highest BCUT2D eigenvalue weighted by Crippen LogP contribution is 2.37. The van der Waals surface area contributed by atoms with Crippen LogP contribution < -0.4 is 4.90 Å². The summed E-state index contributed by atoms with van der Waals surface area (Å²) in [5.74, 6) is -4.61. The molecule has 1 aromatic rings. The van der Waals surface area contributed by atoms with Crippen molar-refractivity contribution < 1.29 is 31.9 Å². The monoisotopic (exact) mass is 354 g/mol. The van der Waals surface area contributed by atoms with E-state index in [-0.39, 0.29) is 18.9 Å². The number of alkyl halides is 5. The molecule has 1 aliphatic rings. The minimum atomic E-state index is -4.73. The van der Waals surface area contributed by atoms with E-state index in [1.807, 2.05) is 13.8 Å². The number of anilines is 1. The van der Waals surface area contributed by atoms with Gasteiger partial charge in [0.05, 0.1) is 5.56 Å². The van der Waals surface area contributed by atoms with Crippen LogP contribution in [0.5, 0.6) is 0 Å². The lowest BCUT2D eigenvalue weighted by Gasteiger charge is -2.33. The average Bonchev–Trinajstić information content (AvgIpc) is 2.47. The molecule has 0 radical (unpaired) electrons. The Hall–Kier alpha value is -1.93. The summed E-state index contributed by atoms with van der Waals surface area (Å²) in [7, 11) is 0. The highest BCUT2D eigenvalue weighted by atomic mass is 19.4. The van der Waals surface area contributed by atoms with Crippen molar-refractivity contribution in [1.29, 1.82) is 0 Å². The number of rotatable bonds is 2. The van der Waals surface area contributed by atoms with Gasteiger partial charge in [0.15, 0.2) is 0 Å². The molecule has 9 heteroatoms. The Morgan fingerprint density at radius 2 is 1.75 bits per heavy atom. The smallest absolute Gasteiger partial charge is 0.418 e. The molecule has 24 heavy (non-hydrogen) atoms. The zero-order chi connectivity index (χ0) is 18.7. The van der Waals surface area contributed by atoms with E-state index in [0.717, 1.165) is 6.92 Å². The number of carboxylic acids is 1. The maximum Gasteiger partial charge on any atom is 0.418 e. The Kier molecular flexibility index (Phi) is 6.13. The van der Waals surface area contributed by atoms with Gasteiger partial charge in [0.25, 0.3) is 5.92 Å². The van der Waals surface area contributed by atoms with Crippen molar-refractivity contribution in [2.45, 2.75) is 45.7 Å². The summed E-state index contributed by atoms with van der Waals surface area (Å²) in [6.45, 7) is 4.71. The van der Waals surface area contributed by atoms with Crippen LogP contribution in [0.2, 0.25) is 0 Å². The maximum atomic E-state index is 13.1. The van der Waals surface area contributed by atoms with Gasteiger partial charge in [-0.2, -0.15) is 13.2 Å². The topological polar surface area (TPSA) is 53.4 Å². The summed E-state index contributed by atoms with van der Waals surface area (Å²) in [6, 6.07) is 0. The maximum absolute atomic E-state index is 13.1. The molecule has 0 saturated carbocycles. The van der Waals surface area contributed by atoms with Crippen LogP contribution in [0.3, 0.4) is 0 Å².